The molecule has 1 aromatic carbocycles. The highest BCUT2D eigenvalue weighted by Crippen LogP contribution is 2.21. The highest BCUT2D eigenvalue weighted by atomic mass is 16.2. The molecule has 2 N–H and O–H groups in total. The monoisotopic (exact) mass is 350 g/mol. The molecule has 2 aromatic rings. The molecule has 1 atom stereocenters. The number of amides is 1. The van der Waals surface area contributed by atoms with Gasteiger partial charge in [-0.15, -0.1) is 0 Å². The Hall–Kier alpha value is -3.09. The lowest BCUT2D eigenvalue weighted by Crippen LogP contribution is -2.59. The standard InChI is InChI=1S/C19H22N6O/c1-12-5-4-6-13(2)15(12)11-24-14(3)10-25(18(21)19(24)26)17(20)16-9-22-7-8-23-16/h4-9,14,20-21H,10-11H2,1-3H3/t14-/m0/s1. The first kappa shape index (κ1) is 17.7. The number of aryl methyl sites for hydroxylation is 2. The maximum absolute atomic E-state index is 12.8. The van der Waals surface area contributed by atoms with Crippen LogP contribution in [0.5, 0.6) is 0 Å². The number of rotatable bonds is 3. The fraction of sp³-hybridized carbons (Fsp3) is 0.316. The van der Waals surface area contributed by atoms with Gasteiger partial charge in [0.15, 0.2) is 11.7 Å². The Labute approximate surface area is 152 Å². The van der Waals surface area contributed by atoms with Gasteiger partial charge in [-0.25, -0.2) is 4.98 Å². The van der Waals surface area contributed by atoms with Crippen LogP contribution in [0.3, 0.4) is 0 Å². The van der Waals surface area contributed by atoms with Crippen molar-refractivity contribution in [3.63, 3.8) is 0 Å². The minimum atomic E-state index is -0.375. The SMILES string of the molecule is Cc1cccc(C)c1CN1C(=O)C(=N)N(C(=N)c2cnccn2)C[C@@H]1C. The highest BCUT2D eigenvalue weighted by molar-refractivity contribution is 6.40. The Morgan fingerprint density at radius 2 is 1.96 bits per heavy atom. The molecule has 1 fully saturated rings. The van der Waals surface area contributed by atoms with Crippen molar-refractivity contribution in [1.29, 1.82) is 10.8 Å². The number of nitrogens with one attached hydrogen (secondary N) is 2. The van der Waals surface area contributed by atoms with Crippen molar-refractivity contribution < 1.29 is 4.79 Å². The summed E-state index contributed by atoms with van der Waals surface area (Å²) in [6.45, 7) is 6.85. The van der Waals surface area contributed by atoms with Gasteiger partial charge in [-0.3, -0.25) is 20.6 Å². The van der Waals surface area contributed by atoms with E-state index in [0.717, 1.165) is 16.7 Å². The third-order valence-corrected chi connectivity index (χ3v) is 4.76. The molecule has 1 aliphatic heterocycles. The molecule has 26 heavy (non-hydrogen) atoms. The lowest BCUT2D eigenvalue weighted by molar-refractivity contribution is -0.129. The number of carbonyl (C=O) groups excluding carboxylic acids is 1. The van der Waals surface area contributed by atoms with Crippen LogP contribution in [0.25, 0.3) is 0 Å². The quantitative estimate of drug-likeness (QED) is 0.654. The smallest absolute Gasteiger partial charge is 0.289 e. The Balaban J connectivity index is 1.83. The molecule has 0 spiro atoms. The molecule has 1 aromatic heterocycles. The van der Waals surface area contributed by atoms with Gasteiger partial charge in [0.05, 0.1) is 6.20 Å². The van der Waals surface area contributed by atoms with Crippen molar-refractivity contribution in [3.8, 4) is 0 Å². The van der Waals surface area contributed by atoms with Gasteiger partial charge >= 0.3 is 0 Å². The number of aromatic nitrogens is 2. The number of carbonyl (C=O) groups is 1. The average Bonchev–Trinajstić information content (AvgIpc) is 2.64. The third-order valence-electron chi connectivity index (χ3n) is 4.76. The predicted molar refractivity (Wildman–Crippen MR) is 99.2 cm³/mol. The van der Waals surface area contributed by atoms with Crippen LogP contribution in [0.4, 0.5) is 0 Å². The first-order chi connectivity index (χ1) is 12.4. The second-order valence-electron chi connectivity index (χ2n) is 6.55. The Morgan fingerprint density at radius 1 is 1.27 bits per heavy atom. The largest absolute Gasteiger partial charge is 0.327 e. The number of hydrogen-bond donors (Lipinski definition) is 2. The van der Waals surface area contributed by atoms with E-state index in [0.29, 0.717) is 18.8 Å². The third kappa shape index (κ3) is 3.20. The molecule has 0 aliphatic carbocycles. The van der Waals surface area contributed by atoms with E-state index < -0.39 is 0 Å². The molecule has 0 bridgehead atoms. The number of amidine groups is 2. The predicted octanol–water partition coefficient (Wildman–Crippen LogP) is 2.13. The molecule has 2 heterocycles. The number of piperazine rings is 1. The summed E-state index contributed by atoms with van der Waals surface area (Å²) in [6.07, 6.45) is 4.49. The second kappa shape index (κ2) is 7.03. The molecule has 0 unspecified atom stereocenters. The summed E-state index contributed by atoms with van der Waals surface area (Å²) in [5, 5.41) is 16.6. The highest BCUT2D eigenvalue weighted by Gasteiger charge is 2.37. The molecular weight excluding hydrogens is 328 g/mol. The zero-order valence-electron chi connectivity index (χ0n) is 15.2. The van der Waals surface area contributed by atoms with Crippen LogP contribution in [0.1, 0.15) is 29.3 Å². The maximum atomic E-state index is 12.8. The normalized spacial score (nSPS) is 17.6. The fourth-order valence-electron chi connectivity index (χ4n) is 3.16. The number of hydrogen-bond acceptors (Lipinski definition) is 5. The Bertz CT molecular complexity index is 843. The topological polar surface area (TPSA) is 97.0 Å². The molecule has 7 heteroatoms. The molecule has 134 valence electrons. The molecule has 0 radical (unpaired) electrons. The van der Waals surface area contributed by atoms with Gasteiger partial charge in [0.25, 0.3) is 5.91 Å². The fourth-order valence-corrected chi connectivity index (χ4v) is 3.16. The van der Waals surface area contributed by atoms with Gasteiger partial charge in [0.1, 0.15) is 5.69 Å². The summed E-state index contributed by atoms with van der Waals surface area (Å²) in [5.74, 6) is -0.556. The van der Waals surface area contributed by atoms with Gasteiger partial charge in [-0.1, -0.05) is 18.2 Å². The summed E-state index contributed by atoms with van der Waals surface area (Å²) in [7, 11) is 0. The molecule has 0 saturated carbocycles. The van der Waals surface area contributed by atoms with Crippen molar-refractivity contribution in [2.24, 2.45) is 0 Å². The average molecular weight is 350 g/mol. The summed E-state index contributed by atoms with van der Waals surface area (Å²) >= 11 is 0. The van der Waals surface area contributed by atoms with E-state index in [9.17, 15) is 4.79 Å². The summed E-state index contributed by atoms with van der Waals surface area (Å²) in [4.78, 5) is 24.0. The lowest BCUT2D eigenvalue weighted by atomic mass is 10.0. The van der Waals surface area contributed by atoms with E-state index in [-0.39, 0.29) is 23.6 Å². The van der Waals surface area contributed by atoms with Crippen LogP contribution in [0, 0.1) is 24.7 Å². The van der Waals surface area contributed by atoms with E-state index in [1.807, 2.05) is 39.0 Å². The zero-order chi connectivity index (χ0) is 18.8. The van der Waals surface area contributed by atoms with Crippen molar-refractivity contribution in [2.75, 3.05) is 6.54 Å². The Kier molecular flexibility index (Phi) is 4.79. The van der Waals surface area contributed by atoms with Crippen LogP contribution in [-0.4, -0.2) is 49.9 Å². The van der Waals surface area contributed by atoms with Crippen molar-refractivity contribution in [2.45, 2.75) is 33.4 Å². The first-order valence-electron chi connectivity index (χ1n) is 8.47. The second-order valence-corrected chi connectivity index (χ2v) is 6.55. The Morgan fingerprint density at radius 3 is 2.58 bits per heavy atom. The van der Waals surface area contributed by atoms with Gasteiger partial charge in [-0.2, -0.15) is 0 Å². The van der Waals surface area contributed by atoms with Crippen LogP contribution in [-0.2, 0) is 11.3 Å². The summed E-state index contributed by atoms with van der Waals surface area (Å²) in [5.41, 5.74) is 3.72. The van der Waals surface area contributed by atoms with Crippen molar-refractivity contribution >= 4 is 17.6 Å². The summed E-state index contributed by atoms with van der Waals surface area (Å²) < 4.78 is 0. The number of benzene rings is 1. The van der Waals surface area contributed by atoms with Crippen LogP contribution in [0.2, 0.25) is 0 Å². The van der Waals surface area contributed by atoms with E-state index in [1.165, 1.54) is 23.5 Å². The lowest BCUT2D eigenvalue weighted by Gasteiger charge is -2.40. The van der Waals surface area contributed by atoms with Crippen molar-refractivity contribution in [3.05, 3.63) is 59.2 Å². The van der Waals surface area contributed by atoms with Gasteiger partial charge in [0, 0.05) is 31.5 Å². The zero-order valence-corrected chi connectivity index (χ0v) is 15.2. The molecule has 1 amide bonds. The molecule has 1 saturated heterocycles. The van der Waals surface area contributed by atoms with Crippen LogP contribution >= 0.6 is 0 Å². The van der Waals surface area contributed by atoms with Crippen molar-refractivity contribution in [1.82, 2.24) is 19.8 Å². The van der Waals surface area contributed by atoms with Crippen LogP contribution in [0.15, 0.2) is 36.8 Å². The number of nitrogens with zero attached hydrogens (tertiary/aromatic N) is 4. The van der Waals surface area contributed by atoms with E-state index >= 15 is 0 Å². The first-order valence-corrected chi connectivity index (χ1v) is 8.47. The minimum Gasteiger partial charge on any atom is -0.327 e. The minimum absolute atomic E-state index is 0.0232. The van der Waals surface area contributed by atoms with E-state index in [4.69, 9.17) is 10.8 Å². The summed E-state index contributed by atoms with van der Waals surface area (Å²) in [6, 6.07) is 5.93. The molecule has 1 aliphatic rings. The maximum Gasteiger partial charge on any atom is 0.289 e. The molecule has 7 nitrogen and oxygen atoms in total. The van der Waals surface area contributed by atoms with Gasteiger partial charge in [0.2, 0.25) is 0 Å². The van der Waals surface area contributed by atoms with E-state index in [2.05, 4.69) is 9.97 Å². The van der Waals surface area contributed by atoms with Crippen LogP contribution < -0.4 is 0 Å². The van der Waals surface area contributed by atoms with E-state index in [1.54, 1.807) is 4.90 Å². The van der Waals surface area contributed by atoms with Gasteiger partial charge < -0.3 is 9.80 Å². The molecular formula is C19H22N6O. The molecule has 3 rings (SSSR count). The van der Waals surface area contributed by atoms with Gasteiger partial charge in [-0.05, 0) is 37.5 Å².